The SMILES string of the molecule is Nc1ccc(S(=O)(=O)Nc2ccon2)c(Br)c1. The van der Waals surface area contributed by atoms with E-state index in [1.165, 1.54) is 30.5 Å². The minimum atomic E-state index is -3.71. The summed E-state index contributed by atoms with van der Waals surface area (Å²) in [4.78, 5) is 0.0784. The molecule has 0 aliphatic rings. The number of sulfonamides is 1. The van der Waals surface area contributed by atoms with Crippen LogP contribution in [-0.2, 0) is 10.0 Å². The predicted octanol–water partition coefficient (Wildman–Crippen LogP) is 1.82. The van der Waals surface area contributed by atoms with Crippen LogP contribution in [0.15, 0.2) is 44.4 Å². The number of hydrogen-bond acceptors (Lipinski definition) is 5. The van der Waals surface area contributed by atoms with E-state index in [1.54, 1.807) is 0 Å². The molecule has 0 atom stereocenters. The third kappa shape index (κ3) is 2.59. The van der Waals surface area contributed by atoms with Crippen LogP contribution in [-0.4, -0.2) is 13.6 Å². The Morgan fingerprint density at radius 3 is 2.71 bits per heavy atom. The van der Waals surface area contributed by atoms with E-state index in [9.17, 15) is 8.42 Å². The van der Waals surface area contributed by atoms with Crippen LogP contribution in [0.3, 0.4) is 0 Å². The fourth-order valence-electron chi connectivity index (χ4n) is 1.19. The summed E-state index contributed by atoms with van der Waals surface area (Å²) in [6.07, 6.45) is 1.27. The average molecular weight is 318 g/mol. The lowest BCUT2D eigenvalue weighted by atomic mass is 10.3. The summed E-state index contributed by atoms with van der Waals surface area (Å²) < 4.78 is 31.1. The molecule has 6 nitrogen and oxygen atoms in total. The minimum absolute atomic E-state index is 0.0784. The van der Waals surface area contributed by atoms with Crippen molar-refractivity contribution in [2.24, 2.45) is 0 Å². The Hall–Kier alpha value is -1.54. The highest BCUT2D eigenvalue weighted by Crippen LogP contribution is 2.25. The molecule has 1 aromatic carbocycles. The van der Waals surface area contributed by atoms with Crippen LogP contribution in [0.1, 0.15) is 0 Å². The van der Waals surface area contributed by atoms with Gasteiger partial charge in [-0.2, -0.15) is 0 Å². The van der Waals surface area contributed by atoms with Gasteiger partial charge in [-0.25, -0.2) is 8.42 Å². The smallest absolute Gasteiger partial charge is 0.264 e. The van der Waals surface area contributed by atoms with Crippen LogP contribution in [0.25, 0.3) is 0 Å². The molecule has 0 aliphatic heterocycles. The summed E-state index contributed by atoms with van der Waals surface area (Å²) >= 11 is 3.14. The second kappa shape index (κ2) is 4.38. The molecule has 0 aliphatic carbocycles. The van der Waals surface area contributed by atoms with Crippen molar-refractivity contribution in [3.05, 3.63) is 35.0 Å². The van der Waals surface area contributed by atoms with Gasteiger partial charge in [0.15, 0.2) is 5.82 Å². The first-order valence-corrected chi connectivity index (χ1v) is 6.75. The summed E-state index contributed by atoms with van der Waals surface area (Å²) in [5, 5.41) is 3.47. The van der Waals surface area contributed by atoms with Crippen molar-refractivity contribution in [1.82, 2.24) is 5.16 Å². The Bertz CT molecular complexity index is 625. The van der Waals surface area contributed by atoms with Crippen LogP contribution >= 0.6 is 15.9 Å². The molecule has 0 spiro atoms. The predicted molar refractivity (Wildman–Crippen MR) is 65.9 cm³/mol. The molecule has 0 radical (unpaired) electrons. The number of halogens is 1. The van der Waals surface area contributed by atoms with Gasteiger partial charge in [0.05, 0.1) is 0 Å². The van der Waals surface area contributed by atoms with Crippen molar-refractivity contribution < 1.29 is 12.9 Å². The molecule has 0 unspecified atom stereocenters. The van der Waals surface area contributed by atoms with E-state index in [-0.39, 0.29) is 10.7 Å². The van der Waals surface area contributed by atoms with Gasteiger partial charge in [0, 0.05) is 16.2 Å². The zero-order valence-electron chi connectivity index (χ0n) is 8.42. The maximum atomic E-state index is 12.0. The Labute approximate surface area is 106 Å². The summed E-state index contributed by atoms with van der Waals surface area (Å²) in [6, 6.07) is 5.82. The molecule has 8 heteroatoms. The lowest BCUT2D eigenvalue weighted by Gasteiger charge is -2.07. The Kier molecular flexibility index (Phi) is 3.07. The molecule has 0 amide bonds. The van der Waals surface area contributed by atoms with Gasteiger partial charge in [-0.15, -0.1) is 0 Å². The lowest BCUT2D eigenvalue weighted by molar-refractivity contribution is 0.423. The van der Waals surface area contributed by atoms with Crippen LogP contribution in [0.2, 0.25) is 0 Å². The van der Waals surface area contributed by atoms with Gasteiger partial charge in [-0.3, -0.25) is 4.72 Å². The van der Waals surface area contributed by atoms with Crippen molar-refractivity contribution in [2.45, 2.75) is 4.90 Å². The normalized spacial score (nSPS) is 11.4. The fourth-order valence-corrected chi connectivity index (χ4v) is 3.28. The number of nitrogen functional groups attached to an aromatic ring is 1. The third-order valence-corrected chi connectivity index (χ3v) is 4.25. The fraction of sp³-hybridized carbons (Fsp3) is 0. The first-order valence-electron chi connectivity index (χ1n) is 4.47. The zero-order valence-corrected chi connectivity index (χ0v) is 10.8. The number of nitrogens with zero attached hydrogens (tertiary/aromatic N) is 1. The van der Waals surface area contributed by atoms with Gasteiger partial charge in [-0.05, 0) is 34.1 Å². The number of nitrogens with one attached hydrogen (secondary N) is 1. The molecule has 2 rings (SSSR count). The number of rotatable bonds is 3. The molecule has 0 bridgehead atoms. The summed E-state index contributed by atoms with van der Waals surface area (Å²) in [5.74, 6) is 0.119. The summed E-state index contributed by atoms with van der Waals surface area (Å²) in [5.41, 5.74) is 6.00. The molecular weight excluding hydrogens is 310 g/mol. The second-order valence-corrected chi connectivity index (χ2v) is 5.69. The van der Waals surface area contributed by atoms with Gasteiger partial charge < -0.3 is 10.3 Å². The van der Waals surface area contributed by atoms with Gasteiger partial charge in [0.2, 0.25) is 0 Å². The van der Waals surface area contributed by atoms with Crippen molar-refractivity contribution in [3.63, 3.8) is 0 Å². The highest BCUT2D eigenvalue weighted by Gasteiger charge is 2.18. The molecule has 0 fully saturated rings. The van der Waals surface area contributed by atoms with Crippen molar-refractivity contribution in [1.29, 1.82) is 0 Å². The highest BCUT2D eigenvalue weighted by molar-refractivity contribution is 9.10. The maximum absolute atomic E-state index is 12.0. The number of benzene rings is 1. The van der Waals surface area contributed by atoms with E-state index in [0.717, 1.165) is 0 Å². The molecule has 0 saturated carbocycles. The van der Waals surface area contributed by atoms with Gasteiger partial charge in [0.1, 0.15) is 11.2 Å². The lowest BCUT2D eigenvalue weighted by Crippen LogP contribution is -2.13. The monoisotopic (exact) mass is 317 g/mol. The van der Waals surface area contributed by atoms with E-state index in [1.807, 2.05) is 0 Å². The largest absolute Gasteiger partial charge is 0.399 e. The van der Waals surface area contributed by atoms with Crippen molar-refractivity contribution in [3.8, 4) is 0 Å². The summed E-state index contributed by atoms with van der Waals surface area (Å²) in [7, 11) is -3.71. The number of nitrogens with two attached hydrogens (primary N) is 1. The van der Waals surface area contributed by atoms with Crippen molar-refractivity contribution in [2.75, 3.05) is 10.5 Å². The molecule has 2 aromatic rings. The molecule has 1 heterocycles. The summed E-state index contributed by atoms with van der Waals surface area (Å²) in [6.45, 7) is 0. The van der Waals surface area contributed by atoms with Gasteiger partial charge >= 0.3 is 0 Å². The highest BCUT2D eigenvalue weighted by atomic mass is 79.9. The van der Waals surface area contributed by atoms with Crippen LogP contribution in [0.5, 0.6) is 0 Å². The standard InChI is InChI=1S/C9H8BrN3O3S/c10-7-5-6(11)1-2-8(7)17(14,15)13-9-3-4-16-12-9/h1-5H,11H2,(H,12,13). The maximum Gasteiger partial charge on any atom is 0.264 e. The Balaban J connectivity index is 2.38. The molecule has 0 saturated heterocycles. The van der Waals surface area contributed by atoms with Gasteiger partial charge in [-0.1, -0.05) is 5.16 Å². The molecule has 90 valence electrons. The molecule has 1 aromatic heterocycles. The first kappa shape index (κ1) is 11.9. The first-order chi connectivity index (χ1) is 7.99. The van der Waals surface area contributed by atoms with Crippen LogP contribution in [0, 0.1) is 0 Å². The van der Waals surface area contributed by atoms with Gasteiger partial charge in [0.25, 0.3) is 10.0 Å². The van der Waals surface area contributed by atoms with E-state index >= 15 is 0 Å². The van der Waals surface area contributed by atoms with Crippen LogP contribution in [0.4, 0.5) is 11.5 Å². The number of hydrogen-bond donors (Lipinski definition) is 2. The van der Waals surface area contributed by atoms with E-state index in [2.05, 4.69) is 30.3 Å². The number of aromatic nitrogens is 1. The quantitative estimate of drug-likeness (QED) is 0.841. The third-order valence-electron chi connectivity index (χ3n) is 1.92. The number of anilines is 2. The topological polar surface area (TPSA) is 98.2 Å². The average Bonchev–Trinajstić information content (AvgIpc) is 2.68. The molecule has 3 N–H and O–H groups in total. The van der Waals surface area contributed by atoms with E-state index < -0.39 is 10.0 Å². The Morgan fingerprint density at radius 2 is 2.12 bits per heavy atom. The second-order valence-electron chi connectivity index (χ2n) is 3.18. The van der Waals surface area contributed by atoms with E-state index in [4.69, 9.17) is 5.73 Å². The molecule has 17 heavy (non-hydrogen) atoms. The van der Waals surface area contributed by atoms with Crippen molar-refractivity contribution >= 4 is 37.5 Å². The minimum Gasteiger partial charge on any atom is -0.399 e. The molecular formula is C9H8BrN3O3S. The Morgan fingerprint density at radius 1 is 1.35 bits per heavy atom. The zero-order chi connectivity index (χ0) is 12.5. The van der Waals surface area contributed by atoms with Crippen LogP contribution < -0.4 is 10.5 Å². The van der Waals surface area contributed by atoms with E-state index in [0.29, 0.717) is 10.2 Å².